The number of ether oxygens (including phenoxy) is 1. The van der Waals surface area contributed by atoms with Gasteiger partial charge in [0.25, 0.3) is 0 Å². The Labute approximate surface area is 81.2 Å². The van der Waals surface area contributed by atoms with Gasteiger partial charge in [0.1, 0.15) is 0 Å². The SMILES string of the molecule is CCC(C)CN1CCOCC1CN. The monoisotopic (exact) mass is 186 g/mol. The first-order valence-electron chi connectivity index (χ1n) is 5.29. The number of morpholine rings is 1. The highest BCUT2D eigenvalue weighted by atomic mass is 16.5. The van der Waals surface area contributed by atoms with Crippen molar-refractivity contribution in [1.29, 1.82) is 0 Å². The van der Waals surface area contributed by atoms with Gasteiger partial charge in [0.15, 0.2) is 0 Å². The molecule has 0 aromatic heterocycles. The largest absolute Gasteiger partial charge is 0.378 e. The molecule has 0 saturated carbocycles. The van der Waals surface area contributed by atoms with Gasteiger partial charge in [-0.25, -0.2) is 0 Å². The maximum atomic E-state index is 5.69. The quantitative estimate of drug-likeness (QED) is 0.702. The van der Waals surface area contributed by atoms with Gasteiger partial charge in [0.2, 0.25) is 0 Å². The lowest BCUT2D eigenvalue weighted by Crippen LogP contribution is -2.50. The van der Waals surface area contributed by atoms with Gasteiger partial charge in [-0.15, -0.1) is 0 Å². The predicted molar refractivity (Wildman–Crippen MR) is 54.7 cm³/mol. The van der Waals surface area contributed by atoms with Crippen molar-refractivity contribution in [3.63, 3.8) is 0 Å². The summed E-state index contributed by atoms with van der Waals surface area (Å²) in [6, 6.07) is 0.447. The Morgan fingerprint density at radius 3 is 3.00 bits per heavy atom. The molecule has 3 heteroatoms. The Bertz CT molecular complexity index is 141. The summed E-state index contributed by atoms with van der Waals surface area (Å²) >= 11 is 0. The molecular weight excluding hydrogens is 164 g/mol. The van der Waals surface area contributed by atoms with Gasteiger partial charge in [0, 0.05) is 25.7 Å². The van der Waals surface area contributed by atoms with Gasteiger partial charge < -0.3 is 10.5 Å². The van der Waals surface area contributed by atoms with E-state index in [1.165, 1.54) is 13.0 Å². The van der Waals surface area contributed by atoms with Gasteiger partial charge in [0.05, 0.1) is 13.2 Å². The minimum atomic E-state index is 0.447. The van der Waals surface area contributed by atoms with E-state index in [-0.39, 0.29) is 0 Å². The summed E-state index contributed by atoms with van der Waals surface area (Å²) in [6.45, 7) is 9.15. The van der Waals surface area contributed by atoms with Crippen molar-refractivity contribution in [2.24, 2.45) is 11.7 Å². The average Bonchev–Trinajstić information content (AvgIpc) is 2.18. The first-order chi connectivity index (χ1) is 6.27. The summed E-state index contributed by atoms with van der Waals surface area (Å²) < 4.78 is 5.40. The van der Waals surface area contributed by atoms with Crippen LogP contribution in [0.1, 0.15) is 20.3 Å². The van der Waals surface area contributed by atoms with Crippen LogP contribution in [0.15, 0.2) is 0 Å². The first-order valence-corrected chi connectivity index (χ1v) is 5.29. The summed E-state index contributed by atoms with van der Waals surface area (Å²) in [5.74, 6) is 0.771. The zero-order valence-corrected chi connectivity index (χ0v) is 8.83. The van der Waals surface area contributed by atoms with E-state index in [0.29, 0.717) is 6.04 Å². The van der Waals surface area contributed by atoms with Crippen LogP contribution in [-0.2, 0) is 4.74 Å². The van der Waals surface area contributed by atoms with Crippen LogP contribution in [0.3, 0.4) is 0 Å². The minimum Gasteiger partial charge on any atom is -0.378 e. The third kappa shape index (κ3) is 3.25. The Morgan fingerprint density at radius 1 is 1.62 bits per heavy atom. The summed E-state index contributed by atoms with van der Waals surface area (Å²) in [5, 5.41) is 0. The maximum absolute atomic E-state index is 5.69. The second kappa shape index (κ2) is 5.58. The number of rotatable bonds is 4. The molecule has 3 nitrogen and oxygen atoms in total. The molecule has 13 heavy (non-hydrogen) atoms. The van der Waals surface area contributed by atoms with Gasteiger partial charge in [-0.05, 0) is 5.92 Å². The van der Waals surface area contributed by atoms with E-state index >= 15 is 0 Å². The summed E-state index contributed by atoms with van der Waals surface area (Å²) in [5.41, 5.74) is 5.69. The Hall–Kier alpha value is -0.120. The lowest BCUT2D eigenvalue weighted by molar-refractivity contribution is -0.00985. The van der Waals surface area contributed by atoms with E-state index in [1.807, 2.05) is 0 Å². The topological polar surface area (TPSA) is 38.5 Å². The molecule has 1 aliphatic rings. The van der Waals surface area contributed by atoms with Crippen molar-refractivity contribution in [2.45, 2.75) is 26.3 Å². The van der Waals surface area contributed by atoms with E-state index in [4.69, 9.17) is 10.5 Å². The predicted octanol–water partition coefficient (Wildman–Crippen LogP) is 0.692. The third-order valence-corrected chi connectivity index (χ3v) is 2.86. The van der Waals surface area contributed by atoms with Crippen LogP contribution in [-0.4, -0.2) is 43.8 Å². The van der Waals surface area contributed by atoms with E-state index < -0.39 is 0 Å². The Balaban J connectivity index is 2.35. The molecule has 1 fully saturated rings. The number of hydrogen-bond donors (Lipinski definition) is 1. The third-order valence-electron chi connectivity index (χ3n) is 2.86. The summed E-state index contributed by atoms with van der Waals surface area (Å²) in [7, 11) is 0. The van der Waals surface area contributed by atoms with E-state index in [9.17, 15) is 0 Å². The van der Waals surface area contributed by atoms with Gasteiger partial charge in [-0.3, -0.25) is 4.90 Å². The molecule has 0 aliphatic carbocycles. The minimum absolute atomic E-state index is 0.447. The molecule has 2 unspecified atom stereocenters. The Morgan fingerprint density at radius 2 is 2.38 bits per heavy atom. The highest BCUT2D eigenvalue weighted by Gasteiger charge is 2.22. The highest BCUT2D eigenvalue weighted by molar-refractivity contribution is 4.76. The number of nitrogens with two attached hydrogens (primary N) is 1. The molecule has 0 radical (unpaired) electrons. The molecule has 1 saturated heterocycles. The fourth-order valence-electron chi connectivity index (χ4n) is 1.68. The smallest absolute Gasteiger partial charge is 0.0634 e. The molecule has 78 valence electrons. The molecule has 0 aromatic carbocycles. The lowest BCUT2D eigenvalue weighted by Gasteiger charge is -2.36. The second-order valence-corrected chi connectivity index (χ2v) is 3.97. The highest BCUT2D eigenvalue weighted by Crippen LogP contribution is 2.10. The molecule has 0 amide bonds. The molecule has 1 rings (SSSR count). The van der Waals surface area contributed by atoms with E-state index in [2.05, 4.69) is 18.7 Å². The van der Waals surface area contributed by atoms with Crippen LogP contribution in [0.2, 0.25) is 0 Å². The van der Waals surface area contributed by atoms with Crippen molar-refractivity contribution in [3.05, 3.63) is 0 Å². The van der Waals surface area contributed by atoms with Gasteiger partial charge >= 0.3 is 0 Å². The van der Waals surface area contributed by atoms with Gasteiger partial charge in [-0.1, -0.05) is 20.3 Å². The van der Waals surface area contributed by atoms with E-state index in [1.54, 1.807) is 0 Å². The standard InChI is InChI=1S/C10H22N2O/c1-3-9(2)7-12-4-5-13-8-10(12)6-11/h9-10H,3-8,11H2,1-2H3. The molecule has 0 bridgehead atoms. The maximum Gasteiger partial charge on any atom is 0.0634 e. The van der Waals surface area contributed by atoms with Crippen LogP contribution in [0.25, 0.3) is 0 Å². The molecular formula is C10H22N2O. The summed E-state index contributed by atoms with van der Waals surface area (Å²) in [4.78, 5) is 2.47. The fourth-order valence-corrected chi connectivity index (χ4v) is 1.68. The molecule has 1 aliphatic heterocycles. The van der Waals surface area contributed by atoms with Crippen LogP contribution in [0.4, 0.5) is 0 Å². The van der Waals surface area contributed by atoms with Crippen molar-refractivity contribution in [2.75, 3.05) is 32.8 Å². The molecule has 2 atom stereocenters. The van der Waals surface area contributed by atoms with E-state index in [0.717, 1.165) is 32.2 Å². The van der Waals surface area contributed by atoms with Crippen LogP contribution in [0.5, 0.6) is 0 Å². The molecule has 2 N–H and O–H groups in total. The first kappa shape index (κ1) is 11.0. The van der Waals surface area contributed by atoms with Crippen molar-refractivity contribution in [3.8, 4) is 0 Å². The normalized spacial score (nSPS) is 27.5. The zero-order chi connectivity index (χ0) is 9.68. The van der Waals surface area contributed by atoms with Crippen molar-refractivity contribution in [1.82, 2.24) is 4.90 Å². The molecule has 0 spiro atoms. The number of nitrogens with zero attached hydrogens (tertiary/aromatic N) is 1. The van der Waals surface area contributed by atoms with Crippen LogP contribution < -0.4 is 5.73 Å². The van der Waals surface area contributed by atoms with Gasteiger partial charge in [-0.2, -0.15) is 0 Å². The molecule has 0 aromatic rings. The van der Waals surface area contributed by atoms with Crippen molar-refractivity contribution < 1.29 is 4.74 Å². The lowest BCUT2D eigenvalue weighted by atomic mass is 10.1. The fraction of sp³-hybridized carbons (Fsp3) is 1.00. The van der Waals surface area contributed by atoms with Crippen LogP contribution >= 0.6 is 0 Å². The Kier molecular flexibility index (Phi) is 4.70. The zero-order valence-electron chi connectivity index (χ0n) is 8.83. The second-order valence-electron chi connectivity index (χ2n) is 3.97. The number of hydrogen-bond acceptors (Lipinski definition) is 3. The van der Waals surface area contributed by atoms with Crippen molar-refractivity contribution >= 4 is 0 Å². The average molecular weight is 186 g/mol. The summed E-state index contributed by atoms with van der Waals surface area (Å²) in [6.07, 6.45) is 1.24. The molecule has 1 heterocycles. The van der Waals surface area contributed by atoms with Crippen LogP contribution in [0, 0.1) is 5.92 Å².